The van der Waals surface area contributed by atoms with Crippen molar-refractivity contribution in [3.8, 4) is 5.75 Å². The van der Waals surface area contributed by atoms with Gasteiger partial charge < -0.3 is 14.5 Å². The topological polar surface area (TPSA) is 88.8 Å². The van der Waals surface area contributed by atoms with Crippen LogP contribution < -0.4 is 10.1 Å². The van der Waals surface area contributed by atoms with Gasteiger partial charge in [0.25, 0.3) is 5.91 Å². The molecule has 4 rings (SSSR count). The van der Waals surface area contributed by atoms with E-state index in [0.29, 0.717) is 17.0 Å². The van der Waals surface area contributed by atoms with E-state index in [1.54, 1.807) is 32.0 Å². The minimum Gasteiger partial charge on any atom is -0.495 e. The van der Waals surface area contributed by atoms with E-state index in [9.17, 15) is 13.2 Å². The summed E-state index contributed by atoms with van der Waals surface area (Å²) in [5.74, 6) is 0.0173. The van der Waals surface area contributed by atoms with Gasteiger partial charge in [0.2, 0.25) is 10.0 Å². The first-order chi connectivity index (χ1) is 15.2. The summed E-state index contributed by atoms with van der Waals surface area (Å²) in [4.78, 5) is 13.0. The van der Waals surface area contributed by atoms with Crippen LogP contribution in [-0.2, 0) is 10.0 Å². The number of carbonyl (C=O) groups excluding carboxylic acids is 1. The Morgan fingerprint density at radius 1 is 1.00 bits per heavy atom. The standard InChI is InChI=1S/C24H24N2O5S/c1-15(2)26(3)32(28,29)17-9-7-8-16(12-17)24(27)25-20-14-22-19(13-23(20)30-4)18-10-5-6-11-21(18)31-22/h5-15H,1-4H3,(H,25,27). The van der Waals surface area contributed by atoms with Crippen LogP contribution in [0.25, 0.3) is 21.9 Å². The zero-order chi connectivity index (χ0) is 23.0. The molecule has 0 aliphatic heterocycles. The van der Waals surface area contributed by atoms with E-state index in [0.717, 1.165) is 16.4 Å². The fourth-order valence-corrected chi connectivity index (χ4v) is 4.87. The molecule has 0 saturated heterocycles. The second-order valence-electron chi connectivity index (χ2n) is 7.74. The van der Waals surface area contributed by atoms with Gasteiger partial charge >= 0.3 is 0 Å². The third-order valence-corrected chi connectivity index (χ3v) is 7.48. The number of anilines is 1. The smallest absolute Gasteiger partial charge is 0.255 e. The summed E-state index contributed by atoms with van der Waals surface area (Å²) >= 11 is 0. The molecule has 1 heterocycles. The lowest BCUT2D eigenvalue weighted by atomic mass is 10.1. The number of amides is 1. The molecule has 4 aromatic rings. The van der Waals surface area contributed by atoms with Crippen molar-refractivity contribution in [1.82, 2.24) is 4.31 Å². The molecule has 3 aromatic carbocycles. The van der Waals surface area contributed by atoms with Gasteiger partial charge in [-0.05, 0) is 44.2 Å². The van der Waals surface area contributed by atoms with E-state index in [1.807, 2.05) is 30.3 Å². The summed E-state index contributed by atoms with van der Waals surface area (Å²) < 4.78 is 38.3. The molecule has 0 unspecified atom stereocenters. The fraction of sp³-hybridized carbons (Fsp3) is 0.208. The first kappa shape index (κ1) is 21.9. The van der Waals surface area contributed by atoms with Crippen LogP contribution in [0.2, 0.25) is 0 Å². The van der Waals surface area contributed by atoms with Gasteiger partial charge in [-0.25, -0.2) is 8.42 Å². The number of hydrogen-bond acceptors (Lipinski definition) is 5. The number of para-hydroxylation sites is 1. The highest BCUT2D eigenvalue weighted by atomic mass is 32.2. The van der Waals surface area contributed by atoms with Gasteiger partial charge in [0.05, 0.1) is 17.7 Å². The Labute approximate surface area is 186 Å². The molecule has 166 valence electrons. The monoisotopic (exact) mass is 452 g/mol. The number of rotatable bonds is 6. The highest BCUT2D eigenvalue weighted by Gasteiger charge is 2.24. The van der Waals surface area contributed by atoms with Crippen molar-refractivity contribution < 1.29 is 22.4 Å². The first-order valence-corrected chi connectivity index (χ1v) is 11.5. The van der Waals surface area contributed by atoms with E-state index in [-0.39, 0.29) is 16.5 Å². The van der Waals surface area contributed by atoms with Gasteiger partial charge in [-0.3, -0.25) is 4.79 Å². The number of sulfonamides is 1. The molecule has 1 aromatic heterocycles. The summed E-state index contributed by atoms with van der Waals surface area (Å²) in [7, 11) is -0.674. The second kappa shape index (κ2) is 8.29. The Hall–Kier alpha value is -3.36. The van der Waals surface area contributed by atoms with Crippen molar-refractivity contribution in [3.63, 3.8) is 0 Å². The highest BCUT2D eigenvalue weighted by molar-refractivity contribution is 7.89. The Bertz CT molecular complexity index is 1420. The quantitative estimate of drug-likeness (QED) is 0.451. The largest absolute Gasteiger partial charge is 0.495 e. The van der Waals surface area contributed by atoms with Crippen molar-refractivity contribution in [1.29, 1.82) is 0 Å². The molecule has 0 spiro atoms. The van der Waals surface area contributed by atoms with Gasteiger partial charge in [-0.2, -0.15) is 4.31 Å². The SMILES string of the molecule is COc1cc2c(cc1NC(=O)c1cccc(S(=O)(=O)N(C)C(C)C)c1)oc1ccccc12. The maximum atomic E-state index is 13.0. The minimum atomic E-state index is -3.71. The van der Waals surface area contributed by atoms with Gasteiger partial charge in [0.1, 0.15) is 16.9 Å². The lowest BCUT2D eigenvalue weighted by Crippen LogP contribution is -2.33. The molecular weight excluding hydrogens is 428 g/mol. The normalized spacial score (nSPS) is 12.1. The Morgan fingerprint density at radius 3 is 2.47 bits per heavy atom. The zero-order valence-corrected chi connectivity index (χ0v) is 19.1. The summed E-state index contributed by atoms with van der Waals surface area (Å²) in [6.07, 6.45) is 0. The van der Waals surface area contributed by atoms with Gasteiger partial charge in [-0.1, -0.05) is 24.3 Å². The summed E-state index contributed by atoms with van der Waals surface area (Å²) in [6, 6.07) is 16.9. The van der Waals surface area contributed by atoms with E-state index >= 15 is 0 Å². The van der Waals surface area contributed by atoms with Crippen molar-refractivity contribution in [2.24, 2.45) is 0 Å². The Morgan fingerprint density at radius 2 is 1.75 bits per heavy atom. The van der Waals surface area contributed by atoms with Crippen LogP contribution in [0.5, 0.6) is 5.75 Å². The Balaban J connectivity index is 1.69. The van der Waals surface area contributed by atoms with Crippen LogP contribution in [-0.4, -0.2) is 38.8 Å². The lowest BCUT2D eigenvalue weighted by molar-refractivity contribution is 0.102. The van der Waals surface area contributed by atoms with Gasteiger partial charge in [-0.15, -0.1) is 0 Å². The number of methoxy groups -OCH3 is 1. The van der Waals surface area contributed by atoms with Crippen molar-refractivity contribution in [3.05, 3.63) is 66.2 Å². The first-order valence-electron chi connectivity index (χ1n) is 10.1. The van der Waals surface area contributed by atoms with E-state index in [2.05, 4.69) is 5.32 Å². The lowest BCUT2D eigenvalue weighted by Gasteiger charge is -2.21. The second-order valence-corrected chi connectivity index (χ2v) is 9.74. The van der Waals surface area contributed by atoms with Crippen LogP contribution in [0.3, 0.4) is 0 Å². The molecule has 32 heavy (non-hydrogen) atoms. The number of nitrogens with one attached hydrogen (secondary N) is 1. The third kappa shape index (κ3) is 3.83. The maximum absolute atomic E-state index is 13.0. The molecule has 0 radical (unpaired) electrons. The molecule has 8 heteroatoms. The van der Waals surface area contributed by atoms with Crippen LogP contribution in [0.15, 0.2) is 70.0 Å². The molecule has 0 aliphatic rings. The van der Waals surface area contributed by atoms with Crippen LogP contribution >= 0.6 is 0 Å². The molecule has 7 nitrogen and oxygen atoms in total. The number of carbonyl (C=O) groups is 1. The summed E-state index contributed by atoms with van der Waals surface area (Å²) in [5.41, 5.74) is 1.99. The molecule has 0 bridgehead atoms. The van der Waals surface area contributed by atoms with Crippen LogP contribution in [0, 0.1) is 0 Å². The van der Waals surface area contributed by atoms with E-state index in [4.69, 9.17) is 9.15 Å². The number of fused-ring (bicyclic) bond motifs is 3. The summed E-state index contributed by atoms with van der Waals surface area (Å²) in [5, 5.41) is 4.64. The molecule has 0 saturated carbocycles. The molecule has 0 fully saturated rings. The Kier molecular flexibility index (Phi) is 5.66. The third-order valence-electron chi connectivity index (χ3n) is 5.45. The van der Waals surface area contributed by atoms with Gasteiger partial charge in [0, 0.05) is 35.5 Å². The van der Waals surface area contributed by atoms with Crippen molar-refractivity contribution in [2.75, 3.05) is 19.5 Å². The predicted octanol–water partition coefficient (Wildman–Crippen LogP) is 4.88. The van der Waals surface area contributed by atoms with Crippen molar-refractivity contribution in [2.45, 2.75) is 24.8 Å². The molecular formula is C24H24N2O5S. The molecule has 1 N–H and O–H groups in total. The number of nitrogens with zero attached hydrogens (tertiary/aromatic N) is 1. The number of benzene rings is 3. The molecule has 0 aliphatic carbocycles. The minimum absolute atomic E-state index is 0.0565. The number of furan rings is 1. The zero-order valence-electron chi connectivity index (χ0n) is 18.2. The van der Waals surface area contributed by atoms with Crippen LogP contribution in [0.4, 0.5) is 5.69 Å². The maximum Gasteiger partial charge on any atom is 0.255 e. The molecule has 0 atom stereocenters. The van der Waals surface area contributed by atoms with Gasteiger partial charge in [0.15, 0.2) is 0 Å². The average Bonchev–Trinajstić information content (AvgIpc) is 3.15. The van der Waals surface area contributed by atoms with E-state index in [1.165, 1.54) is 30.6 Å². The number of ether oxygens (including phenoxy) is 1. The summed E-state index contributed by atoms with van der Waals surface area (Å²) in [6.45, 7) is 3.57. The van der Waals surface area contributed by atoms with Crippen LogP contribution in [0.1, 0.15) is 24.2 Å². The molecule has 1 amide bonds. The number of hydrogen-bond donors (Lipinski definition) is 1. The van der Waals surface area contributed by atoms with E-state index < -0.39 is 15.9 Å². The average molecular weight is 453 g/mol. The fourth-order valence-electron chi connectivity index (χ4n) is 3.45. The van der Waals surface area contributed by atoms with Crippen molar-refractivity contribution >= 4 is 43.6 Å². The highest BCUT2D eigenvalue weighted by Crippen LogP contribution is 2.36. The predicted molar refractivity (Wildman–Crippen MR) is 125 cm³/mol.